The van der Waals surface area contributed by atoms with Gasteiger partial charge in [-0.2, -0.15) is 0 Å². The molecule has 3 N–H and O–H groups in total. The van der Waals surface area contributed by atoms with E-state index < -0.39 is 17.9 Å². The number of urea groups is 1. The lowest BCUT2D eigenvalue weighted by atomic mass is 10.1. The molecule has 2 rings (SSSR count). The summed E-state index contributed by atoms with van der Waals surface area (Å²) in [7, 11) is 0. The summed E-state index contributed by atoms with van der Waals surface area (Å²) in [6, 6.07) is -0.539. The van der Waals surface area contributed by atoms with Crippen LogP contribution in [0.3, 0.4) is 0 Å². The van der Waals surface area contributed by atoms with Gasteiger partial charge in [0.1, 0.15) is 5.70 Å². The first-order valence-corrected chi connectivity index (χ1v) is 7.78. The van der Waals surface area contributed by atoms with Gasteiger partial charge in [-0.05, 0) is 19.3 Å². The number of aliphatic carboxylic acids is 1. The van der Waals surface area contributed by atoms with Gasteiger partial charge in [0.05, 0.1) is 11.8 Å². The highest BCUT2D eigenvalue weighted by Gasteiger charge is 2.47. The van der Waals surface area contributed by atoms with E-state index >= 15 is 0 Å². The summed E-state index contributed by atoms with van der Waals surface area (Å²) < 4.78 is 0. The lowest BCUT2D eigenvalue weighted by Gasteiger charge is -2.33. The fourth-order valence-electron chi connectivity index (χ4n) is 2.32. The summed E-state index contributed by atoms with van der Waals surface area (Å²) in [5, 5.41) is 13.8. The molecule has 0 aromatic rings. The minimum absolute atomic E-state index is 0.0620. The molecule has 0 spiro atoms. The average molecular weight is 327 g/mol. The molecule has 0 radical (unpaired) electrons. The number of imide groups is 1. The second kappa shape index (κ2) is 6.82. The largest absolute Gasteiger partial charge is 0.477 e. The van der Waals surface area contributed by atoms with Crippen molar-refractivity contribution < 1.29 is 24.3 Å². The zero-order chi connectivity index (χ0) is 16.3. The number of nitrogens with one attached hydrogen (secondary N) is 2. The Morgan fingerprint density at radius 1 is 1.36 bits per heavy atom. The number of carboxylic acid groups (broad SMARTS) is 1. The number of β-lactam (4-membered cyclic amide) rings is 1. The van der Waals surface area contributed by atoms with Crippen molar-refractivity contribution in [3.05, 3.63) is 10.6 Å². The first-order valence-electron chi connectivity index (χ1n) is 6.90. The van der Waals surface area contributed by atoms with Crippen LogP contribution in [0.4, 0.5) is 4.79 Å². The monoisotopic (exact) mass is 327 g/mol. The molecular formula is C13H17N3O5S. The number of allylic oxidation sites excluding steroid dienone is 1. The highest BCUT2D eigenvalue weighted by molar-refractivity contribution is 8.04. The van der Waals surface area contributed by atoms with Crippen molar-refractivity contribution in [3.8, 4) is 0 Å². The van der Waals surface area contributed by atoms with Crippen LogP contribution < -0.4 is 10.6 Å². The number of nitrogens with zero attached hydrogens (tertiary/aromatic N) is 1. The summed E-state index contributed by atoms with van der Waals surface area (Å²) >= 11 is 1.43. The molecule has 0 bridgehead atoms. The molecule has 0 unspecified atom stereocenters. The van der Waals surface area contributed by atoms with Crippen LogP contribution in [0.15, 0.2) is 10.6 Å². The van der Waals surface area contributed by atoms with Gasteiger partial charge in [-0.3, -0.25) is 19.8 Å². The van der Waals surface area contributed by atoms with Gasteiger partial charge in [-0.15, -0.1) is 11.8 Å². The van der Waals surface area contributed by atoms with E-state index in [1.54, 1.807) is 0 Å². The predicted molar refractivity (Wildman–Crippen MR) is 78.6 cm³/mol. The van der Waals surface area contributed by atoms with E-state index in [0.29, 0.717) is 32.2 Å². The Morgan fingerprint density at radius 3 is 2.68 bits per heavy atom. The molecule has 22 heavy (non-hydrogen) atoms. The van der Waals surface area contributed by atoms with Gasteiger partial charge in [0.2, 0.25) is 11.8 Å². The van der Waals surface area contributed by atoms with Crippen LogP contribution in [0.2, 0.25) is 0 Å². The summed E-state index contributed by atoms with van der Waals surface area (Å²) in [6.45, 7) is 1.65. The molecule has 1 saturated heterocycles. The smallest absolute Gasteiger partial charge is 0.353 e. The number of rotatable bonds is 6. The average Bonchev–Trinajstić information content (AvgIpc) is 2.70. The summed E-state index contributed by atoms with van der Waals surface area (Å²) in [5.41, 5.74) is 0.105. The van der Waals surface area contributed by atoms with Crippen molar-refractivity contribution in [1.82, 2.24) is 15.5 Å². The summed E-state index contributed by atoms with van der Waals surface area (Å²) in [5.74, 6) is -1.64. The zero-order valence-corrected chi connectivity index (χ0v) is 12.9. The normalized spacial score (nSPS) is 19.6. The number of hydrogen-bond acceptors (Lipinski definition) is 5. The molecule has 0 aromatic heterocycles. The molecule has 9 heteroatoms. The van der Waals surface area contributed by atoms with Crippen LogP contribution >= 0.6 is 11.8 Å². The standard InChI is InChI=1S/C13H17N3O5S/c1-7(17)15-13(21)14-5-3-2-4-8-11(12(19)20)16-9(18)6-10(16)22-8/h10H,2-6H2,1H3,(H,19,20)(H2,14,15,17,21)/t10-/m1/s1. The Morgan fingerprint density at radius 2 is 2.09 bits per heavy atom. The molecule has 4 amide bonds. The van der Waals surface area contributed by atoms with Crippen molar-refractivity contribution in [3.63, 3.8) is 0 Å². The van der Waals surface area contributed by atoms with E-state index in [1.807, 2.05) is 0 Å². The van der Waals surface area contributed by atoms with Gasteiger partial charge in [0.15, 0.2) is 0 Å². The van der Waals surface area contributed by atoms with E-state index in [4.69, 9.17) is 0 Å². The van der Waals surface area contributed by atoms with Gasteiger partial charge in [0, 0.05) is 18.4 Å². The Hall–Kier alpha value is -2.03. The highest BCUT2D eigenvalue weighted by atomic mass is 32.2. The number of carbonyl (C=O) groups is 4. The molecular weight excluding hydrogens is 310 g/mol. The van der Waals surface area contributed by atoms with Crippen molar-refractivity contribution >= 4 is 35.6 Å². The zero-order valence-electron chi connectivity index (χ0n) is 12.0. The minimum atomic E-state index is -1.07. The first kappa shape index (κ1) is 16.3. The maximum Gasteiger partial charge on any atom is 0.353 e. The lowest BCUT2D eigenvalue weighted by Crippen LogP contribution is -2.48. The van der Waals surface area contributed by atoms with E-state index in [1.165, 1.54) is 23.6 Å². The molecule has 0 saturated carbocycles. The van der Waals surface area contributed by atoms with Crippen LogP contribution in [0.1, 0.15) is 32.6 Å². The van der Waals surface area contributed by atoms with Crippen LogP contribution in [0, 0.1) is 0 Å². The summed E-state index contributed by atoms with van der Waals surface area (Å²) in [4.78, 5) is 46.6. The fourth-order valence-corrected chi connectivity index (χ4v) is 3.76. The maximum atomic E-state index is 11.4. The quantitative estimate of drug-likeness (QED) is 0.486. The van der Waals surface area contributed by atoms with Gasteiger partial charge < -0.3 is 10.4 Å². The third-order valence-corrected chi connectivity index (χ3v) is 4.63. The number of amides is 4. The van der Waals surface area contributed by atoms with Crippen molar-refractivity contribution in [2.45, 2.75) is 38.0 Å². The maximum absolute atomic E-state index is 11.4. The Balaban J connectivity index is 1.75. The third kappa shape index (κ3) is 3.59. The lowest BCUT2D eigenvalue weighted by molar-refractivity contribution is -0.145. The Kier molecular flexibility index (Phi) is 5.07. The van der Waals surface area contributed by atoms with Crippen molar-refractivity contribution in [2.75, 3.05) is 6.54 Å². The second-order valence-electron chi connectivity index (χ2n) is 5.01. The minimum Gasteiger partial charge on any atom is -0.477 e. The molecule has 120 valence electrons. The Bertz CT molecular complexity index is 560. The molecule has 1 fully saturated rings. The number of fused-ring (bicyclic) bond motifs is 1. The molecule has 8 nitrogen and oxygen atoms in total. The molecule has 1 atom stereocenters. The second-order valence-corrected chi connectivity index (χ2v) is 6.28. The number of unbranched alkanes of at least 4 members (excludes halogenated alkanes) is 1. The van der Waals surface area contributed by atoms with Crippen LogP contribution in [0.5, 0.6) is 0 Å². The predicted octanol–water partition coefficient (Wildman–Crippen LogP) is 0.604. The molecule has 2 heterocycles. The fraction of sp³-hybridized carbons (Fsp3) is 0.538. The van der Waals surface area contributed by atoms with Gasteiger partial charge >= 0.3 is 12.0 Å². The van der Waals surface area contributed by atoms with Crippen molar-refractivity contribution in [1.29, 1.82) is 0 Å². The summed E-state index contributed by atoms with van der Waals surface area (Å²) in [6.07, 6.45) is 2.29. The van der Waals surface area contributed by atoms with E-state index in [-0.39, 0.29) is 17.0 Å². The van der Waals surface area contributed by atoms with Crippen molar-refractivity contribution in [2.24, 2.45) is 0 Å². The van der Waals surface area contributed by atoms with Crippen LogP contribution in [0.25, 0.3) is 0 Å². The van der Waals surface area contributed by atoms with E-state index in [9.17, 15) is 24.3 Å². The molecule has 0 aliphatic carbocycles. The number of thioether (sulfide) groups is 1. The van der Waals surface area contributed by atoms with Crippen LogP contribution in [-0.2, 0) is 14.4 Å². The SMILES string of the molecule is CC(=O)NC(=O)NCCCCC1=C(C(=O)O)N2C(=O)C[C@H]2S1. The van der Waals surface area contributed by atoms with Gasteiger partial charge in [-0.1, -0.05) is 0 Å². The third-order valence-electron chi connectivity index (χ3n) is 3.30. The highest BCUT2D eigenvalue weighted by Crippen LogP contribution is 2.47. The van der Waals surface area contributed by atoms with Gasteiger partial charge in [-0.25, -0.2) is 9.59 Å². The van der Waals surface area contributed by atoms with Crippen LogP contribution in [-0.4, -0.2) is 45.7 Å². The number of hydrogen-bond donors (Lipinski definition) is 3. The van der Waals surface area contributed by atoms with E-state index in [0.717, 1.165) is 4.91 Å². The number of carboxylic acids is 1. The molecule has 2 aliphatic heterocycles. The molecule has 2 aliphatic rings. The van der Waals surface area contributed by atoms with E-state index in [2.05, 4.69) is 10.6 Å². The molecule has 0 aromatic carbocycles. The number of carbonyl (C=O) groups excluding carboxylic acids is 3. The topological polar surface area (TPSA) is 116 Å². The van der Waals surface area contributed by atoms with Gasteiger partial charge in [0.25, 0.3) is 0 Å². The Labute approximate surface area is 131 Å². The first-order chi connectivity index (χ1) is 10.4.